The van der Waals surface area contributed by atoms with Gasteiger partial charge in [-0.25, -0.2) is 9.78 Å². The van der Waals surface area contributed by atoms with E-state index in [2.05, 4.69) is 16.3 Å². The van der Waals surface area contributed by atoms with Crippen LogP contribution in [-0.2, 0) is 0 Å². The molecule has 0 radical (unpaired) electrons. The first-order chi connectivity index (χ1) is 15.4. The molecule has 0 amide bonds. The Hall–Kier alpha value is -3.86. The van der Waals surface area contributed by atoms with Crippen molar-refractivity contribution in [2.75, 3.05) is 23.3 Å². The number of aryl methyl sites for hydroxylation is 1. The second kappa shape index (κ2) is 7.38. The summed E-state index contributed by atoms with van der Waals surface area (Å²) in [6.07, 6.45) is 2.90. The number of pyridine rings is 1. The van der Waals surface area contributed by atoms with Crippen LogP contribution in [0.1, 0.15) is 46.4 Å². The number of aromatic carboxylic acids is 1. The molecule has 1 aliphatic heterocycles. The van der Waals surface area contributed by atoms with Crippen LogP contribution in [-0.4, -0.2) is 33.6 Å². The van der Waals surface area contributed by atoms with E-state index in [1.54, 1.807) is 30.5 Å². The van der Waals surface area contributed by atoms with Crippen molar-refractivity contribution < 1.29 is 9.90 Å². The lowest BCUT2D eigenvalue weighted by Gasteiger charge is -2.23. The van der Waals surface area contributed by atoms with E-state index in [1.165, 1.54) is 10.8 Å². The molecular formula is C24H23N5O3. The monoisotopic (exact) mass is 429 g/mol. The number of hydrogen-bond acceptors (Lipinski definition) is 6. The fourth-order valence-corrected chi connectivity index (χ4v) is 4.72. The summed E-state index contributed by atoms with van der Waals surface area (Å²) in [5, 5.41) is 22.5. The maximum atomic E-state index is 13.2. The molecule has 2 N–H and O–H groups in total. The summed E-state index contributed by atoms with van der Waals surface area (Å²) in [5.74, 6) is 0.699. The number of carbonyl (C=O) groups is 1. The molecule has 2 aromatic heterocycles. The number of carboxylic acid groups (broad SMARTS) is 1. The Kier molecular flexibility index (Phi) is 4.63. The minimum Gasteiger partial charge on any atom is -0.478 e. The third kappa shape index (κ3) is 3.26. The molecule has 1 saturated heterocycles. The van der Waals surface area contributed by atoms with E-state index in [1.807, 2.05) is 19.9 Å². The number of hydrogen-bond donors (Lipinski definition) is 2. The van der Waals surface area contributed by atoms with Crippen molar-refractivity contribution in [2.45, 2.75) is 26.3 Å². The van der Waals surface area contributed by atoms with Crippen LogP contribution < -0.4 is 15.8 Å². The van der Waals surface area contributed by atoms with Gasteiger partial charge in [-0.1, -0.05) is 12.1 Å². The summed E-state index contributed by atoms with van der Waals surface area (Å²) in [5.41, 5.74) is 2.43. The average Bonchev–Trinajstić information content (AvgIpc) is 3.38. The van der Waals surface area contributed by atoms with Crippen molar-refractivity contribution in [3.05, 3.63) is 69.1 Å². The van der Waals surface area contributed by atoms with E-state index in [-0.39, 0.29) is 22.7 Å². The molecule has 8 heteroatoms. The van der Waals surface area contributed by atoms with Gasteiger partial charge in [0.25, 0.3) is 5.56 Å². The van der Waals surface area contributed by atoms with Gasteiger partial charge in [0.05, 0.1) is 11.6 Å². The Morgan fingerprint density at radius 3 is 2.72 bits per heavy atom. The quantitative estimate of drug-likeness (QED) is 0.641. The highest BCUT2D eigenvalue weighted by molar-refractivity contribution is 5.94. The molecule has 3 heterocycles. The lowest BCUT2D eigenvalue weighted by molar-refractivity contribution is 0.0698. The SMILES string of the molecule is Cc1cc([C@@H](C)Nc2ccccc2C(=O)O)c2nc(N3CC4CC4C3)c(C#N)c(=O)n2c1. The highest BCUT2D eigenvalue weighted by Gasteiger charge is 2.46. The number of nitriles is 1. The van der Waals surface area contributed by atoms with E-state index < -0.39 is 5.97 Å². The van der Waals surface area contributed by atoms with Gasteiger partial charge in [0, 0.05) is 30.5 Å². The van der Waals surface area contributed by atoms with Gasteiger partial charge in [0.1, 0.15) is 11.7 Å². The molecule has 3 atom stereocenters. The summed E-state index contributed by atoms with van der Waals surface area (Å²) < 4.78 is 1.44. The van der Waals surface area contributed by atoms with Gasteiger partial charge < -0.3 is 15.3 Å². The molecule has 3 aromatic rings. The molecule has 2 unspecified atom stereocenters. The third-order valence-electron chi connectivity index (χ3n) is 6.46. The van der Waals surface area contributed by atoms with Crippen LogP contribution >= 0.6 is 0 Å². The number of para-hydroxylation sites is 1. The lowest BCUT2D eigenvalue weighted by atomic mass is 10.1. The van der Waals surface area contributed by atoms with Gasteiger partial charge in [-0.15, -0.1) is 0 Å². The smallest absolute Gasteiger partial charge is 0.337 e. The van der Waals surface area contributed by atoms with Crippen molar-refractivity contribution in [2.24, 2.45) is 11.8 Å². The third-order valence-corrected chi connectivity index (χ3v) is 6.46. The number of carboxylic acids is 1. The van der Waals surface area contributed by atoms with Crippen LogP contribution in [0.4, 0.5) is 11.5 Å². The topological polar surface area (TPSA) is 111 Å². The number of piperidine rings is 1. The minimum atomic E-state index is -1.02. The number of nitrogens with one attached hydrogen (secondary N) is 1. The van der Waals surface area contributed by atoms with E-state index in [4.69, 9.17) is 4.98 Å². The zero-order valence-electron chi connectivity index (χ0n) is 17.9. The second-order valence-electron chi connectivity index (χ2n) is 8.77. The minimum absolute atomic E-state index is 0.0668. The molecule has 162 valence electrons. The molecule has 8 nitrogen and oxygen atoms in total. The molecule has 2 aliphatic rings. The number of rotatable bonds is 5. The van der Waals surface area contributed by atoms with Crippen LogP contribution in [0.2, 0.25) is 0 Å². The molecule has 0 bridgehead atoms. The van der Waals surface area contributed by atoms with E-state index in [0.717, 1.165) is 24.2 Å². The fourth-order valence-electron chi connectivity index (χ4n) is 4.72. The van der Waals surface area contributed by atoms with Crippen molar-refractivity contribution in [1.29, 1.82) is 5.26 Å². The Labute approximate surface area is 184 Å². The van der Waals surface area contributed by atoms with E-state index in [9.17, 15) is 20.0 Å². The highest BCUT2D eigenvalue weighted by atomic mass is 16.4. The lowest BCUT2D eigenvalue weighted by Crippen LogP contribution is -2.30. The molecule has 5 rings (SSSR count). The summed E-state index contributed by atoms with van der Waals surface area (Å²) in [6.45, 7) is 5.43. The standard InChI is InChI=1S/C24H23N5O3/c1-13-7-18(14(2)26-20-6-4-3-5-17(20)24(31)32)22-27-21(28-11-15-8-16(15)12-28)19(9-25)23(30)29(22)10-13/h3-7,10,14-16,26H,8,11-12H2,1-2H3,(H,31,32)/t14-,15?,16?/m1/s1. The first-order valence-electron chi connectivity index (χ1n) is 10.7. The van der Waals surface area contributed by atoms with Gasteiger partial charge in [-0.05, 0) is 55.9 Å². The summed E-state index contributed by atoms with van der Waals surface area (Å²) >= 11 is 0. The van der Waals surface area contributed by atoms with Crippen LogP contribution in [0.5, 0.6) is 0 Å². The second-order valence-corrected chi connectivity index (χ2v) is 8.77. The van der Waals surface area contributed by atoms with Gasteiger partial charge in [0.15, 0.2) is 11.4 Å². The largest absolute Gasteiger partial charge is 0.478 e. The number of fused-ring (bicyclic) bond motifs is 2. The molecule has 1 aliphatic carbocycles. The molecule has 1 aromatic carbocycles. The number of benzene rings is 1. The van der Waals surface area contributed by atoms with Gasteiger partial charge in [-0.3, -0.25) is 9.20 Å². The number of aromatic nitrogens is 2. The molecule has 2 fully saturated rings. The zero-order chi connectivity index (χ0) is 22.6. The summed E-state index contributed by atoms with van der Waals surface area (Å²) in [7, 11) is 0. The first kappa shape index (κ1) is 20.1. The fraction of sp³-hybridized carbons (Fsp3) is 0.333. The Morgan fingerprint density at radius 2 is 2.03 bits per heavy atom. The predicted molar refractivity (Wildman–Crippen MR) is 120 cm³/mol. The summed E-state index contributed by atoms with van der Waals surface area (Å²) in [4.78, 5) is 31.7. The van der Waals surface area contributed by atoms with E-state index >= 15 is 0 Å². The van der Waals surface area contributed by atoms with E-state index in [0.29, 0.717) is 29.0 Å². The highest BCUT2D eigenvalue weighted by Crippen LogP contribution is 2.46. The van der Waals surface area contributed by atoms with Crippen molar-refractivity contribution >= 4 is 23.1 Å². The molecule has 32 heavy (non-hydrogen) atoms. The predicted octanol–water partition coefficient (Wildman–Crippen LogP) is 3.20. The number of nitrogens with zero attached hydrogens (tertiary/aromatic N) is 4. The van der Waals surface area contributed by atoms with Gasteiger partial charge in [-0.2, -0.15) is 5.26 Å². The van der Waals surface area contributed by atoms with Crippen LogP contribution in [0, 0.1) is 30.1 Å². The average molecular weight is 429 g/mol. The van der Waals surface area contributed by atoms with Gasteiger partial charge >= 0.3 is 5.97 Å². The normalized spacial score (nSPS) is 20.0. The first-order valence-corrected chi connectivity index (χ1v) is 10.7. The van der Waals surface area contributed by atoms with Crippen LogP contribution in [0.3, 0.4) is 0 Å². The van der Waals surface area contributed by atoms with Crippen LogP contribution in [0.15, 0.2) is 41.3 Å². The van der Waals surface area contributed by atoms with Crippen molar-refractivity contribution in [3.8, 4) is 6.07 Å². The number of anilines is 2. The van der Waals surface area contributed by atoms with Crippen LogP contribution in [0.25, 0.3) is 5.65 Å². The molecule has 0 spiro atoms. The van der Waals surface area contributed by atoms with Gasteiger partial charge in [0.2, 0.25) is 0 Å². The molecule has 1 saturated carbocycles. The molecular weight excluding hydrogens is 406 g/mol. The maximum Gasteiger partial charge on any atom is 0.337 e. The zero-order valence-corrected chi connectivity index (χ0v) is 17.9. The maximum absolute atomic E-state index is 13.2. The Morgan fingerprint density at radius 1 is 1.31 bits per heavy atom. The van der Waals surface area contributed by atoms with Crippen molar-refractivity contribution in [1.82, 2.24) is 9.38 Å². The Bertz CT molecular complexity index is 1350. The summed E-state index contributed by atoms with van der Waals surface area (Å²) in [6, 6.07) is 10.4. The Balaban J connectivity index is 1.63. The van der Waals surface area contributed by atoms with Crippen molar-refractivity contribution in [3.63, 3.8) is 0 Å².